The van der Waals surface area contributed by atoms with Gasteiger partial charge in [0.05, 0.1) is 18.1 Å². The van der Waals surface area contributed by atoms with Crippen molar-refractivity contribution >= 4 is 16.9 Å². The molecule has 0 N–H and O–H groups in total. The molecule has 4 rings (SSSR count). The third-order valence-corrected chi connectivity index (χ3v) is 5.59. The van der Waals surface area contributed by atoms with Crippen LogP contribution in [-0.2, 0) is 17.9 Å². The van der Waals surface area contributed by atoms with E-state index in [1.54, 1.807) is 7.11 Å². The topological polar surface area (TPSA) is 56.6 Å². The molecule has 6 nitrogen and oxygen atoms in total. The summed E-state index contributed by atoms with van der Waals surface area (Å²) in [6, 6.07) is 15.4. The first-order chi connectivity index (χ1) is 14.1. The van der Waals surface area contributed by atoms with Crippen LogP contribution in [0.25, 0.3) is 11.0 Å². The van der Waals surface area contributed by atoms with Gasteiger partial charge in [-0.05, 0) is 55.2 Å². The summed E-state index contributed by atoms with van der Waals surface area (Å²) < 4.78 is 13.1. The van der Waals surface area contributed by atoms with Crippen LogP contribution >= 0.6 is 0 Å². The number of ether oxygens (including phenoxy) is 2. The number of likely N-dealkylation sites (tertiary alicyclic amines) is 1. The van der Waals surface area contributed by atoms with Gasteiger partial charge < -0.3 is 18.9 Å². The van der Waals surface area contributed by atoms with Gasteiger partial charge in [-0.15, -0.1) is 0 Å². The van der Waals surface area contributed by atoms with Gasteiger partial charge in [-0.1, -0.05) is 19.1 Å². The van der Waals surface area contributed by atoms with Gasteiger partial charge >= 0.3 is 0 Å². The number of imidazole rings is 1. The quantitative estimate of drug-likeness (QED) is 0.638. The predicted octanol–water partition coefficient (Wildman–Crippen LogP) is 3.88. The third-order valence-electron chi connectivity index (χ3n) is 5.59. The standard InChI is InChI=1S/C23H27N3O3/c1-17-11-13-25(14-12-17)23(27)15-26-21-6-4-3-5-20(21)24-22(26)16-29-19-9-7-18(28-2)8-10-19/h3-10,17H,11-16H2,1-2H3. The van der Waals surface area contributed by atoms with Crippen molar-refractivity contribution in [1.29, 1.82) is 0 Å². The maximum Gasteiger partial charge on any atom is 0.242 e. The molecule has 3 aromatic rings. The van der Waals surface area contributed by atoms with Gasteiger partial charge in [0, 0.05) is 13.1 Å². The first kappa shape index (κ1) is 19.3. The Morgan fingerprint density at radius 3 is 2.48 bits per heavy atom. The van der Waals surface area contributed by atoms with Crippen LogP contribution in [0.4, 0.5) is 0 Å². The molecule has 0 bridgehead atoms. The molecule has 6 heteroatoms. The van der Waals surface area contributed by atoms with Crippen LogP contribution in [0.1, 0.15) is 25.6 Å². The van der Waals surface area contributed by atoms with E-state index in [1.165, 1.54) is 0 Å². The summed E-state index contributed by atoms with van der Waals surface area (Å²) in [6.45, 7) is 4.51. The van der Waals surface area contributed by atoms with Crippen LogP contribution in [0.5, 0.6) is 11.5 Å². The summed E-state index contributed by atoms with van der Waals surface area (Å²) in [6.07, 6.45) is 2.15. The molecule has 1 amide bonds. The molecule has 0 aliphatic carbocycles. The summed E-state index contributed by atoms with van der Waals surface area (Å²) in [7, 11) is 1.64. The molecule has 0 saturated carbocycles. The van der Waals surface area contributed by atoms with E-state index in [9.17, 15) is 4.79 Å². The largest absolute Gasteiger partial charge is 0.497 e. The van der Waals surface area contributed by atoms with Crippen molar-refractivity contribution < 1.29 is 14.3 Å². The van der Waals surface area contributed by atoms with E-state index in [-0.39, 0.29) is 12.5 Å². The second kappa shape index (κ2) is 8.55. The molecular formula is C23H27N3O3. The van der Waals surface area contributed by atoms with Crippen molar-refractivity contribution in [3.05, 3.63) is 54.4 Å². The van der Waals surface area contributed by atoms with Crippen molar-refractivity contribution in [3.63, 3.8) is 0 Å². The zero-order valence-electron chi connectivity index (χ0n) is 17.0. The Morgan fingerprint density at radius 2 is 1.76 bits per heavy atom. The minimum atomic E-state index is 0.144. The number of para-hydroxylation sites is 2. The Labute approximate surface area is 171 Å². The molecule has 0 radical (unpaired) electrons. The number of fused-ring (bicyclic) bond motifs is 1. The minimum absolute atomic E-state index is 0.144. The van der Waals surface area contributed by atoms with Crippen molar-refractivity contribution in [3.8, 4) is 11.5 Å². The van der Waals surface area contributed by atoms with Crippen molar-refractivity contribution in [2.45, 2.75) is 32.9 Å². The van der Waals surface area contributed by atoms with Gasteiger partial charge in [-0.2, -0.15) is 0 Å². The Kier molecular flexibility index (Phi) is 5.69. The highest BCUT2D eigenvalue weighted by Gasteiger charge is 2.22. The lowest BCUT2D eigenvalue weighted by molar-refractivity contribution is -0.133. The Balaban J connectivity index is 1.53. The lowest BCUT2D eigenvalue weighted by Crippen LogP contribution is -2.40. The highest BCUT2D eigenvalue weighted by atomic mass is 16.5. The summed E-state index contributed by atoms with van der Waals surface area (Å²) in [5, 5.41) is 0. The first-order valence-electron chi connectivity index (χ1n) is 10.1. The number of hydrogen-bond donors (Lipinski definition) is 0. The van der Waals surface area contributed by atoms with Crippen LogP contribution in [-0.4, -0.2) is 40.6 Å². The number of methoxy groups -OCH3 is 1. The second-order valence-corrected chi connectivity index (χ2v) is 7.63. The maximum atomic E-state index is 12.9. The number of nitrogens with zero attached hydrogens (tertiary/aromatic N) is 3. The van der Waals surface area contributed by atoms with Crippen LogP contribution in [0.2, 0.25) is 0 Å². The summed E-state index contributed by atoms with van der Waals surface area (Å²) >= 11 is 0. The Bertz CT molecular complexity index is 973. The lowest BCUT2D eigenvalue weighted by atomic mass is 9.99. The fraction of sp³-hybridized carbons (Fsp3) is 0.391. The molecule has 152 valence electrons. The van der Waals surface area contributed by atoms with Crippen LogP contribution in [0.3, 0.4) is 0 Å². The first-order valence-corrected chi connectivity index (χ1v) is 10.1. The average molecular weight is 393 g/mol. The minimum Gasteiger partial charge on any atom is -0.497 e. The van der Waals surface area contributed by atoms with Crippen LogP contribution in [0.15, 0.2) is 48.5 Å². The van der Waals surface area contributed by atoms with Gasteiger partial charge in [-0.3, -0.25) is 4.79 Å². The van der Waals surface area contributed by atoms with E-state index in [2.05, 4.69) is 6.92 Å². The smallest absolute Gasteiger partial charge is 0.242 e. The number of carbonyl (C=O) groups is 1. The molecule has 1 saturated heterocycles. The summed E-state index contributed by atoms with van der Waals surface area (Å²) in [5.74, 6) is 3.11. The normalized spacial score (nSPS) is 14.9. The molecule has 1 aromatic heterocycles. The fourth-order valence-corrected chi connectivity index (χ4v) is 3.73. The van der Waals surface area contributed by atoms with E-state index in [4.69, 9.17) is 14.5 Å². The number of piperidine rings is 1. The van der Waals surface area contributed by atoms with Gasteiger partial charge in [0.1, 0.15) is 30.5 Å². The SMILES string of the molecule is COc1ccc(OCc2nc3ccccc3n2CC(=O)N2CCC(C)CC2)cc1. The van der Waals surface area contributed by atoms with E-state index in [0.29, 0.717) is 12.5 Å². The molecule has 1 aliphatic rings. The number of benzene rings is 2. The van der Waals surface area contributed by atoms with Crippen molar-refractivity contribution in [2.24, 2.45) is 5.92 Å². The fourth-order valence-electron chi connectivity index (χ4n) is 3.73. The van der Waals surface area contributed by atoms with Crippen LogP contribution < -0.4 is 9.47 Å². The van der Waals surface area contributed by atoms with Crippen LogP contribution in [0, 0.1) is 5.92 Å². The predicted molar refractivity (Wildman–Crippen MR) is 112 cm³/mol. The van der Waals surface area contributed by atoms with Gasteiger partial charge in [0.15, 0.2) is 0 Å². The average Bonchev–Trinajstić information content (AvgIpc) is 3.10. The third kappa shape index (κ3) is 4.36. The number of carbonyl (C=O) groups excluding carboxylic acids is 1. The van der Waals surface area contributed by atoms with E-state index >= 15 is 0 Å². The molecule has 29 heavy (non-hydrogen) atoms. The van der Waals surface area contributed by atoms with Crippen molar-refractivity contribution in [1.82, 2.24) is 14.5 Å². The molecule has 2 heterocycles. The van der Waals surface area contributed by atoms with Gasteiger partial charge in [0.2, 0.25) is 5.91 Å². The number of amides is 1. The Hall–Kier alpha value is -3.02. The molecule has 0 spiro atoms. The zero-order valence-corrected chi connectivity index (χ0v) is 17.0. The molecule has 0 unspecified atom stereocenters. The molecule has 2 aromatic carbocycles. The summed E-state index contributed by atoms with van der Waals surface area (Å²) in [4.78, 5) is 19.6. The van der Waals surface area contributed by atoms with Gasteiger partial charge in [-0.25, -0.2) is 4.98 Å². The van der Waals surface area contributed by atoms with Crippen molar-refractivity contribution in [2.75, 3.05) is 20.2 Å². The zero-order chi connectivity index (χ0) is 20.2. The highest BCUT2D eigenvalue weighted by Crippen LogP contribution is 2.22. The second-order valence-electron chi connectivity index (χ2n) is 7.63. The number of hydrogen-bond acceptors (Lipinski definition) is 4. The monoisotopic (exact) mass is 393 g/mol. The van der Waals surface area contributed by atoms with E-state index in [0.717, 1.165) is 54.3 Å². The molecule has 1 fully saturated rings. The molecule has 0 atom stereocenters. The highest BCUT2D eigenvalue weighted by molar-refractivity contribution is 5.81. The summed E-state index contributed by atoms with van der Waals surface area (Å²) in [5.41, 5.74) is 1.83. The molecular weight excluding hydrogens is 366 g/mol. The Morgan fingerprint density at radius 1 is 1.07 bits per heavy atom. The van der Waals surface area contributed by atoms with Gasteiger partial charge in [0.25, 0.3) is 0 Å². The van der Waals surface area contributed by atoms with E-state index < -0.39 is 0 Å². The maximum absolute atomic E-state index is 12.9. The number of aromatic nitrogens is 2. The lowest BCUT2D eigenvalue weighted by Gasteiger charge is -2.30. The van der Waals surface area contributed by atoms with E-state index in [1.807, 2.05) is 58.0 Å². The molecule has 1 aliphatic heterocycles. The number of rotatable bonds is 6.